The van der Waals surface area contributed by atoms with Gasteiger partial charge in [-0.2, -0.15) is 5.10 Å². The first kappa shape index (κ1) is 13.7. The van der Waals surface area contributed by atoms with E-state index >= 15 is 0 Å². The maximum atomic E-state index is 4.59. The highest BCUT2D eigenvalue weighted by Crippen LogP contribution is 2.57. The molecule has 0 amide bonds. The standard InChI is InChI=1S/C17H28N4/c1-2-7-21-16(19-12-20-21)10-17(11-18-15-5-6-15)9-13-3-4-14(17)8-13/h12-15,18H,2-11H2,1H3. The van der Waals surface area contributed by atoms with Crippen molar-refractivity contribution < 1.29 is 0 Å². The third kappa shape index (κ3) is 2.63. The van der Waals surface area contributed by atoms with Crippen LogP contribution in [-0.2, 0) is 13.0 Å². The lowest BCUT2D eigenvalue weighted by Crippen LogP contribution is -2.42. The molecule has 116 valence electrons. The van der Waals surface area contributed by atoms with Gasteiger partial charge < -0.3 is 5.32 Å². The minimum absolute atomic E-state index is 0.462. The van der Waals surface area contributed by atoms with Crippen LogP contribution in [0.4, 0.5) is 0 Å². The first-order valence-electron chi connectivity index (χ1n) is 8.89. The minimum atomic E-state index is 0.462. The SMILES string of the molecule is CCCn1ncnc1CC1(CNC2CC2)CC2CCC1C2. The van der Waals surface area contributed by atoms with E-state index in [4.69, 9.17) is 0 Å². The molecule has 2 bridgehead atoms. The van der Waals surface area contributed by atoms with Gasteiger partial charge in [0.1, 0.15) is 12.2 Å². The van der Waals surface area contributed by atoms with E-state index in [-0.39, 0.29) is 0 Å². The summed E-state index contributed by atoms with van der Waals surface area (Å²) in [5, 5.41) is 8.26. The Bertz CT molecular complexity index is 493. The molecule has 4 nitrogen and oxygen atoms in total. The van der Waals surface area contributed by atoms with Gasteiger partial charge in [-0.05, 0) is 55.8 Å². The lowest BCUT2D eigenvalue weighted by Gasteiger charge is -2.38. The molecule has 0 aliphatic heterocycles. The molecule has 4 heteroatoms. The average molecular weight is 288 g/mol. The van der Waals surface area contributed by atoms with Crippen molar-refractivity contribution in [2.45, 2.75) is 70.9 Å². The van der Waals surface area contributed by atoms with Crippen molar-refractivity contribution in [1.82, 2.24) is 20.1 Å². The van der Waals surface area contributed by atoms with E-state index in [1.807, 2.05) is 0 Å². The summed E-state index contributed by atoms with van der Waals surface area (Å²) in [5.74, 6) is 3.13. The van der Waals surface area contributed by atoms with Gasteiger partial charge in [0, 0.05) is 25.6 Å². The van der Waals surface area contributed by atoms with E-state index in [0.29, 0.717) is 5.41 Å². The Labute approximate surface area is 127 Å². The summed E-state index contributed by atoms with van der Waals surface area (Å²) in [4.78, 5) is 4.59. The van der Waals surface area contributed by atoms with Crippen LogP contribution >= 0.6 is 0 Å². The van der Waals surface area contributed by atoms with Crippen LogP contribution in [0.5, 0.6) is 0 Å². The maximum absolute atomic E-state index is 4.59. The molecule has 0 spiro atoms. The summed E-state index contributed by atoms with van der Waals surface area (Å²) in [7, 11) is 0. The smallest absolute Gasteiger partial charge is 0.138 e. The summed E-state index contributed by atoms with van der Waals surface area (Å²) in [6.07, 6.45) is 12.6. The van der Waals surface area contributed by atoms with Crippen molar-refractivity contribution in [3.63, 3.8) is 0 Å². The molecule has 1 N–H and O–H groups in total. The van der Waals surface area contributed by atoms with Crippen LogP contribution in [0.15, 0.2) is 6.33 Å². The van der Waals surface area contributed by atoms with E-state index < -0.39 is 0 Å². The summed E-state index contributed by atoms with van der Waals surface area (Å²) in [5.41, 5.74) is 0.462. The van der Waals surface area contributed by atoms with Crippen molar-refractivity contribution in [1.29, 1.82) is 0 Å². The number of nitrogens with zero attached hydrogens (tertiary/aromatic N) is 3. The Morgan fingerprint density at radius 3 is 2.90 bits per heavy atom. The van der Waals surface area contributed by atoms with Gasteiger partial charge in [-0.25, -0.2) is 4.98 Å². The number of nitrogens with one attached hydrogen (secondary N) is 1. The molecule has 3 unspecified atom stereocenters. The number of aromatic nitrogens is 3. The molecule has 1 aromatic heterocycles. The number of hydrogen-bond acceptors (Lipinski definition) is 3. The fraction of sp³-hybridized carbons (Fsp3) is 0.882. The first-order chi connectivity index (χ1) is 10.3. The molecule has 0 saturated heterocycles. The Morgan fingerprint density at radius 1 is 1.33 bits per heavy atom. The van der Waals surface area contributed by atoms with Crippen LogP contribution in [0, 0.1) is 17.3 Å². The normalized spacial score (nSPS) is 34.7. The fourth-order valence-corrected chi connectivity index (χ4v) is 4.83. The summed E-state index contributed by atoms with van der Waals surface area (Å²) in [6, 6.07) is 0.814. The molecule has 3 fully saturated rings. The predicted molar refractivity (Wildman–Crippen MR) is 82.9 cm³/mol. The molecule has 3 aliphatic rings. The highest BCUT2D eigenvalue weighted by Gasteiger charge is 2.51. The van der Waals surface area contributed by atoms with Crippen LogP contribution in [-0.4, -0.2) is 27.4 Å². The van der Waals surface area contributed by atoms with E-state index in [1.165, 1.54) is 50.9 Å². The zero-order valence-electron chi connectivity index (χ0n) is 13.2. The third-order valence-corrected chi connectivity index (χ3v) is 6.06. The molecular weight excluding hydrogens is 260 g/mol. The summed E-state index contributed by atoms with van der Waals surface area (Å²) >= 11 is 0. The van der Waals surface area contributed by atoms with Gasteiger partial charge in [-0.1, -0.05) is 13.3 Å². The molecule has 0 radical (unpaired) electrons. The van der Waals surface area contributed by atoms with E-state index in [0.717, 1.165) is 37.3 Å². The lowest BCUT2D eigenvalue weighted by atomic mass is 9.70. The molecule has 1 heterocycles. The summed E-state index contributed by atoms with van der Waals surface area (Å²) < 4.78 is 2.14. The molecule has 0 aromatic carbocycles. The van der Waals surface area contributed by atoms with Gasteiger partial charge in [0.25, 0.3) is 0 Å². The second-order valence-corrected chi connectivity index (χ2v) is 7.67. The Balaban J connectivity index is 1.53. The molecule has 1 aromatic rings. The van der Waals surface area contributed by atoms with Crippen molar-refractivity contribution in [2.75, 3.05) is 6.54 Å². The molecule has 3 atom stereocenters. The van der Waals surface area contributed by atoms with Gasteiger partial charge in [0.2, 0.25) is 0 Å². The van der Waals surface area contributed by atoms with Crippen LogP contribution in [0.1, 0.15) is 57.7 Å². The van der Waals surface area contributed by atoms with Crippen molar-refractivity contribution in [2.24, 2.45) is 17.3 Å². The Morgan fingerprint density at radius 2 is 2.24 bits per heavy atom. The molecular formula is C17H28N4. The van der Waals surface area contributed by atoms with Gasteiger partial charge >= 0.3 is 0 Å². The van der Waals surface area contributed by atoms with Gasteiger partial charge in [-0.3, -0.25) is 4.68 Å². The molecule has 4 rings (SSSR count). The monoisotopic (exact) mass is 288 g/mol. The Hall–Kier alpha value is -0.900. The highest BCUT2D eigenvalue weighted by molar-refractivity contribution is 5.07. The van der Waals surface area contributed by atoms with Gasteiger partial charge in [0.15, 0.2) is 0 Å². The highest BCUT2D eigenvalue weighted by atomic mass is 15.3. The van der Waals surface area contributed by atoms with Gasteiger partial charge in [0.05, 0.1) is 0 Å². The topological polar surface area (TPSA) is 42.7 Å². The molecule has 3 saturated carbocycles. The van der Waals surface area contributed by atoms with Crippen LogP contribution < -0.4 is 5.32 Å². The van der Waals surface area contributed by atoms with Crippen LogP contribution in [0.25, 0.3) is 0 Å². The van der Waals surface area contributed by atoms with Crippen molar-refractivity contribution >= 4 is 0 Å². The van der Waals surface area contributed by atoms with Gasteiger partial charge in [-0.15, -0.1) is 0 Å². The molecule has 3 aliphatic carbocycles. The second kappa shape index (κ2) is 5.38. The minimum Gasteiger partial charge on any atom is -0.313 e. The fourth-order valence-electron chi connectivity index (χ4n) is 4.83. The first-order valence-corrected chi connectivity index (χ1v) is 8.89. The third-order valence-electron chi connectivity index (χ3n) is 6.06. The van der Waals surface area contributed by atoms with Crippen molar-refractivity contribution in [3.05, 3.63) is 12.2 Å². The van der Waals surface area contributed by atoms with E-state index in [1.54, 1.807) is 6.33 Å². The number of rotatable bonds is 7. The average Bonchev–Trinajstić information content (AvgIpc) is 2.88. The lowest BCUT2D eigenvalue weighted by molar-refractivity contribution is 0.150. The Kier molecular flexibility index (Phi) is 3.52. The number of fused-ring (bicyclic) bond motifs is 2. The van der Waals surface area contributed by atoms with Crippen LogP contribution in [0.3, 0.4) is 0 Å². The van der Waals surface area contributed by atoms with E-state index in [2.05, 4.69) is 27.0 Å². The maximum Gasteiger partial charge on any atom is 0.138 e. The largest absolute Gasteiger partial charge is 0.313 e. The number of aryl methyl sites for hydroxylation is 1. The zero-order valence-corrected chi connectivity index (χ0v) is 13.2. The summed E-state index contributed by atoms with van der Waals surface area (Å²) in [6.45, 7) is 4.43. The van der Waals surface area contributed by atoms with E-state index in [9.17, 15) is 0 Å². The number of hydrogen-bond donors (Lipinski definition) is 1. The zero-order chi connectivity index (χ0) is 14.3. The predicted octanol–water partition coefficient (Wildman–Crippen LogP) is 2.79. The second-order valence-electron chi connectivity index (χ2n) is 7.67. The van der Waals surface area contributed by atoms with Crippen LogP contribution in [0.2, 0.25) is 0 Å². The molecule has 21 heavy (non-hydrogen) atoms. The van der Waals surface area contributed by atoms with Crippen molar-refractivity contribution in [3.8, 4) is 0 Å². The quantitative estimate of drug-likeness (QED) is 0.839.